The zero-order valence-electron chi connectivity index (χ0n) is 12.8. The molecule has 0 aliphatic heterocycles. The van der Waals surface area contributed by atoms with Crippen molar-refractivity contribution in [3.8, 4) is 5.75 Å². The summed E-state index contributed by atoms with van der Waals surface area (Å²) >= 11 is 6.01. The Bertz CT molecular complexity index is 790. The van der Waals surface area contributed by atoms with Crippen molar-refractivity contribution < 1.29 is 32.2 Å². The molecular formula is C15H12ClF3N2O4. The van der Waals surface area contributed by atoms with Crippen molar-refractivity contribution in [3.63, 3.8) is 0 Å². The van der Waals surface area contributed by atoms with E-state index in [1.54, 1.807) is 6.92 Å². The fourth-order valence-electron chi connectivity index (χ4n) is 2.03. The lowest BCUT2D eigenvalue weighted by Gasteiger charge is -2.13. The minimum atomic E-state index is -4.87. The Balaban J connectivity index is 2.39. The summed E-state index contributed by atoms with van der Waals surface area (Å²) in [7, 11) is 0. The molecule has 0 fully saturated rings. The summed E-state index contributed by atoms with van der Waals surface area (Å²) in [5.74, 6) is -1.29. The molecule has 6 nitrogen and oxygen atoms in total. The second-order valence-electron chi connectivity index (χ2n) is 4.70. The van der Waals surface area contributed by atoms with Gasteiger partial charge in [0.25, 0.3) is 0 Å². The van der Waals surface area contributed by atoms with E-state index in [1.165, 1.54) is 18.2 Å². The van der Waals surface area contributed by atoms with Gasteiger partial charge in [0.05, 0.1) is 18.7 Å². The molecule has 2 aromatic rings. The first-order chi connectivity index (χ1) is 11.8. The minimum absolute atomic E-state index is 0.0594. The van der Waals surface area contributed by atoms with Crippen molar-refractivity contribution >= 4 is 23.9 Å². The standard InChI is InChI=1S/C15H12ClF3N2O4/c1-2-24-14(23)12-10(8-22)13(16)21(20-12)7-9-5-3-4-6-11(9)25-15(17,18)19/h3-6,8H,2,7H2,1H3. The molecule has 1 aromatic carbocycles. The predicted molar refractivity (Wildman–Crippen MR) is 80.8 cm³/mol. The first-order valence-corrected chi connectivity index (χ1v) is 7.36. The van der Waals surface area contributed by atoms with Crippen LogP contribution in [0.2, 0.25) is 5.15 Å². The van der Waals surface area contributed by atoms with Gasteiger partial charge in [-0.25, -0.2) is 9.48 Å². The normalized spacial score (nSPS) is 11.2. The molecule has 0 amide bonds. The van der Waals surface area contributed by atoms with Gasteiger partial charge in [0, 0.05) is 5.56 Å². The Morgan fingerprint density at radius 3 is 2.64 bits per heavy atom. The van der Waals surface area contributed by atoms with E-state index in [-0.39, 0.29) is 35.1 Å². The van der Waals surface area contributed by atoms with Gasteiger partial charge in [0.2, 0.25) is 0 Å². The van der Waals surface area contributed by atoms with Gasteiger partial charge < -0.3 is 9.47 Å². The molecule has 134 valence electrons. The fourth-order valence-corrected chi connectivity index (χ4v) is 2.27. The fraction of sp³-hybridized carbons (Fsp3) is 0.267. The van der Waals surface area contributed by atoms with Crippen LogP contribution in [0.3, 0.4) is 0 Å². The average Bonchev–Trinajstić information content (AvgIpc) is 2.84. The molecule has 1 aromatic heterocycles. The Hall–Kier alpha value is -2.55. The highest BCUT2D eigenvalue weighted by Gasteiger charge is 2.32. The van der Waals surface area contributed by atoms with Crippen LogP contribution in [0.25, 0.3) is 0 Å². The maximum atomic E-state index is 12.5. The Kier molecular flexibility index (Phi) is 5.68. The molecule has 0 bridgehead atoms. The van der Waals surface area contributed by atoms with Crippen LogP contribution in [-0.4, -0.2) is 35.0 Å². The van der Waals surface area contributed by atoms with E-state index >= 15 is 0 Å². The number of para-hydroxylation sites is 1. The van der Waals surface area contributed by atoms with Crippen LogP contribution in [0.5, 0.6) is 5.75 Å². The first kappa shape index (κ1) is 18.8. The van der Waals surface area contributed by atoms with Crippen molar-refractivity contribution in [2.45, 2.75) is 19.8 Å². The largest absolute Gasteiger partial charge is 0.573 e. The number of carbonyl (C=O) groups is 2. The molecule has 0 radical (unpaired) electrons. The van der Waals surface area contributed by atoms with Crippen molar-refractivity contribution in [2.24, 2.45) is 0 Å². The van der Waals surface area contributed by atoms with Crippen molar-refractivity contribution in [3.05, 3.63) is 46.2 Å². The number of carbonyl (C=O) groups excluding carboxylic acids is 2. The molecule has 0 spiro atoms. The summed E-state index contributed by atoms with van der Waals surface area (Å²) in [6.07, 6.45) is -4.54. The molecule has 0 aliphatic rings. The quantitative estimate of drug-likeness (QED) is 0.570. The number of aromatic nitrogens is 2. The summed E-state index contributed by atoms with van der Waals surface area (Å²) in [6, 6.07) is 5.38. The number of alkyl halides is 3. The van der Waals surface area contributed by atoms with Gasteiger partial charge >= 0.3 is 12.3 Å². The van der Waals surface area contributed by atoms with Crippen LogP contribution >= 0.6 is 11.6 Å². The van der Waals surface area contributed by atoms with E-state index in [0.29, 0.717) is 6.29 Å². The molecule has 0 unspecified atom stereocenters. The third-order valence-electron chi connectivity index (χ3n) is 3.03. The van der Waals surface area contributed by atoms with E-state index in [9.17, 15) is 22.8 Å². The van der Waals surface area contributed by atoms with Gasteiger partial charge in [0.1, 0.15) is 10.9 Å². The highest BCUT2D eigenvalue weighted by atomic mass is 35.5. The SMILES string of the molecule is CCOC(=O)c1nn(Cc2ccccc2OC(F)(F)F)c(Cl)c1C=O. The van der Waals surface area contributed by atoms with Crippen molar-refractivity contribution in [2.75, 3.05) is 6.61 Å². The number of hydrogen-bond donors (Lipinski definition) is 0. The third-order valence-corrected chi connectivity index (χ3v) is 3.43. The smallest absolute Gasteiger partial charge is 0.461 e. The van der Waals surface area contributed by atoms with Gasteiger partial charge in [-0.3, -0.25) is 4.79 Å². The molecule has 0 N–H and O–H groups in total. The van der Waals surface area contributed by atoms with Crippen LogP contribution < -0.4 is 4.74 Å². The second kappa shape index (κ2) is 7.56. The summed E-state index contributed by atoms with van der Waals surface area (Å²) < 4.78 is 47.2. The highest BCUT2D eigenvalue weighted by Crippen LogP contribution is 2.28. The first-order valence-electron chi connectivity index (χ1n) is 6.99. The summed E-state index contributed by atoms with van der Waals surface area (Å²) in [6.45, 7) is 1.39. The number of aldehydes is 1. The Morgan fingerprint density at radius 2 is 2.04 bits per heavy atom. The van der Waals surface area contributed by atoms with Gasteiger partial charge in [-0.15, -0.1) is 13.2 Å². The van der Waals surface area contributed by atoms with Crippen LogP contribution in [0.4, 0.5) is 13.2 Å². The molecule has 2 rings (SSSR count). The van der Waals surface area contributed by atoms with Crippen LogP contribution in [0.1, 0.15) is 33.3 Å². The monoisotopic (exact) mass is 376 g/mol. The molecule has 0 saturated heterocycles. The maximum Gasteiger partial charge on any atom is 0.573 e. The Labute approximate surface area is 145 Å². The average molecular weight is 377 g/mol. The zero-order valence-corrected chi connectivity index (χ0v) is 13.6. The molecule has 10 heteroatoms. The van der Waals surface area contributed by atoms with Gasteiger partial charge in [-0.05, 0) is 13.0 Å². The number of benzene rings is 1. The van der Waals surface area contributed by atoms with Gasteiger partial charge in [0.15, 0.2) is 12.0 Å². The van der Waals surface area contributed by atoms with E-state index in [4.69, 9.17) is 16.3 Å². The molecule has 0 aliphatic carbocycles. The lowest BCUT2D eigenvalue weighted by molar-refractivity contribution is -0.274. The molecule has 0 atom stereocenters. The molecule has 1 heterocycles. The molecule has 25 heavy (non-hydrogen) atoms. The van der Waals surface area contributed by atoms with Gasteiger partial charge in [-0.2, -0.15) is 5.10 Å². The minimum Gasteiger partial charge on any atom is -0.461 e. The molecular weight excluding hydrogens is 365 g/mol. The Morgan fingerprint density at radius 1 is 1.36 bits per heavy atom. The van der Waals surface area contributed by atoms with Crippen molar-refractivity contribution in [1.82, 2.24) is 9.78 Å². The highest BCUT2D eigenvalue weighted by molar-refractivity contribution is 6.32. The zero-order chi connectivity index (χ0) is 18.6. The molecule has 0 saturated carbocycles. The summed E-state index contributed by atoms with van der Waals surface area (Å²) in [5, 5.41) is 3.68. The lowest BCUT2D eigenvalue weighted by Crippen LogP contribution is -2.18. The van der Waals surface area contributed by atoms with Gasteiger partial charge in [-0.1, -0.05) is 29.8 Å². The topological polar surface area (TPSA) is 70.4 Å². The summed E-state index contributed by atoms with van der Waals surface area (Å²) in [4.78, 5) is 23.0. The number of hydrogen-bond acceptors (Lipinski definition) is 5. The van der Waals surface area contributed by atoms with Crippen LogP contribution in [-0.2, 0) is 11.3 Å². The van der Waals surface area contributed by atoms with E-state index in [1.807, 2.05) is 0 Å². The summed E-state index contributed by atoms with van der Waals surface area (Å²) in [5.41, 5.74) is -0.400. The third kappa shape index (κ3) is 4.50. The lowest BCUT2D eigenvalue weighted by atomic mass is 10.2. The van der Waals surface area contributed by atoms with Crippen LogP contribution in [0.15, 0.2) is 24.3 Å². The maximum absolute atomic E-state index is 12.5. The number of esters is 1. The van der Waals surface area contributed by atoms with Crippen molar-refractivity contribution in [1.29, 1.82) is 0 Å². The number of ether oxygens (including phenoxy) is 2. The second-order valence-corrected chi connectivity index (χ2v) is 5.06. The predicted octanol–water partition coefficient (Wildman–Crippen LogP) is 3.47. The number of halogens is 4. The van der Waals surface area contributed by atoms with E-state index in [0.717, 1.165) is 10.7 Å². The van der Waals surface area contributed by atoms with E-state index < -0.39 is 18.1 Å². The number of rotatable bonds is 6. The van der Waals surface area contributed by atoms with E-state index in [2.05, 4.69) is 9.84 Å². The van der Waals surface area contributed by atoms with Crippen LogP contribution in [0, 0.1) is 0 Å². The number of nitrogens with zero attached hydrogens (tertiary/aromatic N) is 2.